The summed E-state index contributed by atoms with van der Waals surface area (Å²) in [5.74, 6) is -0.360. The van der Waals surface area contributed by atoms with E-state index in [1.807, 2.05) is 28.7 Å². The molecular formula is C17H12ClIN2O2. The van der Waals surface area contributed by atoms with E-state index >= 15 is 0 Å². The monoisotopic (exact) mass is 438 g/mol. The molecule has 4 nitrogen and oxygen atoms in total. The lowest BCUT2D eigenvalue weighted by Gasteiger charge is -2.09. The summed E-state index contributed by atoms with van der Waals surface area (Å²) >= 11 is 7.99. The lowest BCUT2D eigenvalue weighted by Crippen LogP contribution is -2.14. The zero-order chi connectivity index (χ0) is 17.0. The Balaban J connectivity index is 2.28. The fourth-order valence-electron chi connectivity index (χ4n) is 1.86. The Morgan fingerprint density at radius 1 is 1.39 bits per heavy atom. The minimum absolute atomic E-state index is 0.0362. The quantitative estimate of drug-likeness (QED) is 0.421. The Kier molecular flexibility index (Phi) is 5.64. The zero-order valence-corrected chi connectivity index (χ0v) is 15.0. The average Bonchev–Trinajstić information content (AvgIpc) is 2.52. The van der Waals surface area contributed by atoms with Crippen LogP contribution in [0.1, 0.15) is 11.1 Å². The van der Waals surface area contributed by atoms with Crippen LogP contribution in [-0.4, -0.2) is 11.0 Å². The van der Waals surface area contributed by atoms with Crippen molar-refractivity contribution in [3.8, 4) is 11.8 Å². The molecule has 0 radical (unpaired) electrons. The summed E-state index contributed by atoms with van der Waals surface area (Å²) in [6.45, 7) is 1.79. The van der Waals surface area contributed by atoms with Crippen LogP contribution in [0.15, 0.2) is 42.0 Å². The molecule has 23 heavy (non-hydrogen) atoms. The topological polar surface area (TPSA) is 73.1 Å². The van der Waals surface area contributed by atoms with Gasteiger partial charge in [0.15, 0.2) is 0 Å². The van der Waals surface area contributed by atoms with Crippen molar-refractivity contribution in [1.82, 2.24) is 0 Å². The molecule has 1 amide bonds. The van der Waals surface area contributed by atoms with E-state index in [0.717, 1.165) is 5.56 Å². The predicted octanol–water partition coefficient (Wildman–Crippen LogP) is 4.50. The number of anilines is 1. The molecule has 2 N–H and O–H groups in total. The summed E-state index contributed by atoms with van der Waals surface area (Å²) in [5.41, 5.74) is 1.91. The minimum Gasteiger partial charge on any atom is -0.507 e. The van der Waals surface area contributed by atoms with Crippen LogP contribution >= 0.6 is 34.2 Å². The number of benzene rings is 2. The number of phenols is 1. The highest BCUT2D eigenvalue weighted by Gasteiger charge is 2.12. The molecule has 0 aliphatic rings. The largest absolute Gasteiger partial charge is 0.507 e. The number of hydrogen-bond acceptors (Lipinski definition) is 3. The van der Waals surface area contributed by atoms with Crippen molar-refractivity contribution in [1.29, 1.82) is 5.26 Å². The normalized spacial score (nSPS) is 11.0. The summed E-state index contributed by atoms with van der Waals surface area (Å²) in [5, 5.41) is 22.0. The summed E-state index contributed by atoms with van der Waals surface area (Å²) in [7, 11) is 0. The number of carbonyl (C=O) groups is 1. The molecule has 6 heteroatoms. The van der Waals surface area contributed by atoms with Gasteiger partial charge in [0.1, 0.15) is 17.4 Å². The molecule has 2 aromatic carbocycles. The number of phenolic OH excluding ortho intramolecular Hbond substituents is 1. The predicted molar refractivity (Wildman–Crippen MR) is 99.2 cm³/mol. The van der Waals surface area contributed by atoms with E-state index in [9.17, 15) is 15.2 Å². The van der Waals surface area contributed by atoms with Gasteiger partial charge < -0.3 is 10.4 Å². The van der Waals surface area contributed by atoms with Crippen LogP contribution in [0.3, 0.4) is 0 Å². The first kappa shape index (κ1) is 17.3. The maximum atomic E-state index is 12.3. The van der Waals surface area contributed by atoms with Gasteiger partial charge in [0.05, 0.1) is 3.57 Å². The first-order valence-corrected chi connectivity index (χ1v) is 8.05. The van der Waals surface area contributed by atoms with Crippen molar-refractivity contribution < 1.29 is 9.90 Å². The third-order valence-electron chi connectivity index (χ3n) is 3.16. The maximum Gasteiger partial charge on any atom is 0.266 e. The van der Waals surface area contributed by atoms with Gasteiger partial charge in [-0.3, -0.25) is 4.79 Å². The maximum absolute atomic E-state index is 12.3. The van der Waals surface area contributed by atoms with E-state index < -0.39 is 5.91 Å². The van der Waals surface area contributed by atoms with E-state index in [1.165, 1.54) is 12.1 Å². The number of nitrogens with zero attached hydrogens (tertiary/aromatic N) is 1. The van der Waals surface area contributed by atoms with Gasteiger partial charge in [-0.05, 0) is 71.0 Å². The zero-order valence-electron chi connectivity index (χ0n) is 12.1. The Hall–Kier alpha value is -2.04. The van der Waals surface area contributed by atoms with Crippen LogP contribution in [0.25, 0.3) is 6.08 Å². The van der Waals surface area contributed by atoms with Gasteiger partial charge in [-0.25, -0.2) is 0 Å². The van der Waals surface area contributed by atoms with E-state index in [2.05, 4.69) is 5.32 Å². The van der Waals surface area contributed by atoms with Crippen molar-refractivity contribution >= 4 is 51.9 Å². The van der Waals surface area contributed by atoms with Gasteiger partial charge >= 0.3 is 0 Å². The molecule has 0 aliphatic carbocycles. The second-order valence-corrected chi connectivity index (χ2v) is 6.32. The Labute approximate surface area is 152 Å². The Morgan fingerprint density at radius 3 is 2.78 bits per heavy atom. The third kappa shape index (κ3) is 4.24. The Bertz CT molecular complexity index is 841. The van der Waals surface area contributed by atoms with Crippen LogP contribution in [0.5, 0.6) is 5.75 Å². The van der Waals surface area contributed by atoms with Crippen molar-refractivity contribution in [2.75, 3.05) is 5.32 Å². The number of rotatable bonds is 3. The molecule has 0 heterocycles. The molecule has 2 rings (SSSR count). The molecule has 0 aromatic heterocycles. The van der Waals surface area contributed by atoms with E-state index in [-0.39, 0.29) is 11.3 Å². The number of hydrogen-bond donors (Lipinski definition) is 2. The number of halogens is 2. The smallest absolute Gasteiger partial charge is 0.266 e. The second-order valence-electron chi connectivity index (χ2n) is 4.75. The lowest BCUT2D eigenvalue weighted by molar-refractivity contribution is -0.112. The Morgan fingerprint density at radius 2 is 2.13 bits per heavy atom. The second kappa shape index (κ2) is 7.49. The van der Waals surface area contributed by atoms with Crippen molar-refractivity contribution in [3.63, 3.8) is 0 Å². The lowest BCUT2D eigenvalue weighted by atomic mass is 10.1. The minimum atomic E-state index is -0.513. The molecule has 2 aromatic rings. The summed E-state index contributed by atoms with van der Waals surface area (Å²) in [4.78, 5) is 12.3. The first-order valence-electron chi connectivity index (χ1n) is 6.59. The highest BCUT2D eigenvalue weighted by atomic mass is 127. The molecule has 0 fully saturated rings. The number of amides is 1. The molecule has 0 aliphatic heterocycles. The fraction of sp³-hybridized carbons (Fsp3) is 0.0588. The molecule has 0 saturated heterocycles. The first-order chi connectivity index (χ1) is 10.9. The van der Waals surface area contributed by atoms with Crippen LogP contribution in [0, 0.1) is 21.8 Å². The summed E-state index contributed by atoms with van der Waals surface area (Å²) < 4.78 is 0.639. The average molecular weight is 439 g/mol. The molecule has 0 spiro atoms. The number of carbonyl (C=O) groups excluding carboxylic acids is 1. The van der Waals surface area contributed by atoms with Crippen LogP contribution < -0.4 is 5.32 Å². The van der Waals surface area contributed by atoms with Crippen LogP contribution in [0.4, 0.5) is 5.69 Å². The van der Waals surface area contributed by atoms with Gasteiger partial charge in [-0.1, -0.05) is 23.7 Å². The SMILES string of the molecule is Cc1c(Cl)cccc1NC(=O)/C(C#N)=C/c1ccc(O)c(I)c1. The molecule has 0 unspecified atom stereocenters. The van der Waals surface area contributed by atoms with Gasteiger partial charge in [0, 0.05) is 10.7 Å². The molecular weight excluding hydrogens is 427 g/mol. The van der Waals surface area contributed by atoms with Crippen molar-refractivity contribution in [2.24, 2.45) is 0 Å². The highest BCUT2D eigenvalue weighted by molar-refractivity contribution is 14.1. The van der Waals surface area contributed by atoms with Crippen LogP contribution in [-0.2, 0) is 4.79 Å². The molecule has 0 atom stereocenters. The third-order valence-corrected chi connectivity index (χ3v) is 4.44. The number of nitriles is 1. The van der Waals surface area contributed by atoms with E-state index in [1.54, 1.807) is 37.3 Å². The number of nitrogens with one attached hydrogen (secondary N) is 1. The van der Waals surface area contributed by atoms with Crippen molar-refractivity contribution in [3.05, 3.63) is 61.7 Å². The summed E-state index contributed by atoms with van der Waals surface area (Å²) in [6, 6.07) is 11.9. The van der Waals surface area contributed by atoms with Crippen molar-refractivity contribution in [2.45, 2.75) is 6.92 Å². The standard InChI is InChI=1S/C17H12ClIN2O2/c1-10-13(18)3-2-4-15(10)21-17(23)12(9-20)7-11-5-6-16(22)14(19)8-11/h2-8,22H,1H3,(H,21,23)/b12-7+. The van der Waals surface area contributed by atoms with Gasteiger partial charge in [-0.15, -0.1) is 0 Å². The molecule has 0 saturated carbocycles. The van der Waals surface area contributed by atoms with Gasteiger partial charge in [0.25, 0.3) is 5.91 Å². The van der Waals surface area contributed by atoms with Gasteiger partial charge in [-0.2, -0.15) is 5.26 Å². The van der Waals surface area contributed by atoms with Crippen LogP contribution in [0.2, 0.25) is 5.02 Å². The summed E-state index contributed by atoms with van der Waals surface area (Å²) in [6.07, 6.45) is 1.47. The fourth-order valence-corrected chi connectivity index (χ4v) is 2.57. The van der Waals surface area contributed by atoms with E-state index in [0.29, 0.717) is 19.8 Å². The van der Waals surface area contributed by atoms with Gasteiger partial charge in [0.2, 0.25) is 0 Å². The highest BCUT2D eigenvalue weighted by Crippen LogP contribution is 2.24. The number of aromatic hydroxyl groups is 1. The molecule has 116 valence electrons. The molecule has 0 bridgehead atoms. The van der Waals surface area contributed by atoms with E-state index in [4.69, 9.17) is 11.6 Å².